The molecule has 0 saturated carbocycles. The number of aryl methyl sites for hydroxylation is 2. The van der Waals surface area contributed by atoms with E-state index in [1.807, 2.05) is 24.9 Å². The van der Waals surface area contributed by atoms with Crippen LogP contribution in [0, 0.1) is 17.2 Å². The molecule has 0 aliphatic heterocycles. The highest BCUT2D eigenvalue weighted by molar-refractivity contribution is 5.72. The van der Waals surface area contributed by atoms with Crippen LogP contribution >= 0.6 is 0 Å². The van der Waals surface area contributed by atoms with Crippen LogP contribution in [-0.2, 0) is 22.4 Å². The van der Waals surface area contributed by atoms with Crippen molar-refractivity contribution >= 4 is 11.8 Å². The number of carbonyl (C=O) groups excluding carboxylic acids is 1. The first-order chi connectivity index (χ1) is 9.56. The molecule has 1 aliphatic rings. The lowest BCUT2D eigenvalue weighted by molar-refractivity contribution is -0.144. The molecule has 106 valence electrons. The van der Waals surface area contributed by atoms with Crippen LogP contribution in [0.3, 0.4) is 0 Å². The molecule has 0 radical (unpaired) electrons. The second-order valence-electron chi connectivity index (χ2n) is 5.24. The smallest absolute Gasteiger partial charge is 0.310 e. The summed E-state index contributed by atoms with van der Waals surface area (Å²) in [5.74, 6) is 0.145. The minimum Gasteiger partial charge on any atom is -0.469 e. The van der Waals surface area contributed by atoms with Gasteiger partial charge in [0.1, 0.15) is 11.9 Å². The van der Waals surface area contributed by atoms with E-state index in [1.54, 1.807) is 0 Å². The predicted octanol–water partition coefficient (Wildman–Crippen LogP) is 1.69. The number of hydrogen-bond donors (Lipinski definition) is 0. The summed E-state index contributed by atoms with van der Waals surface area (Å²) >= 11 is 0. The Balaban J connectivity index is 2.23. The lowest BCUT2D eigenvalue weighted by atomic mass is 10.1. The van der Waals surface area contributed by atoms with Crippen molar-refractivity contribution in [1.82, 2.24) is 4.98 Å². The van der Waals surface area contributed by atoms with Gasteiger partial charge in [-0.3, -0.25) is 4.79 Å². The van der Waals surface area contributed by atoms with Crippen molar-refractivity contribution in [1.29, 1.82) is 5.26 Å². The average Bonchev–Trinajstić information content (AvgIpc) is 2.91. The van der Waals surface area contributed by atoms with Gasteiger partial charge in [-0.25, -0.2) is 4.98 Å². The Kier molecular flexibility index (Phi) is 4.23. The molecule has 20 heavy (non-hydrogen) atoms. The largest absolute Gasteiger partial charge is 0.469 e. The van der Waals surface area contributed by atoms with Crippen LogP contribution in [0.4, 0.5) is 5.82 Å². The summed E-state index contributed by atoms with van der Waals surface area (Å²) in [6, 6.07) is 4.14. The van der Waals surface area contributed by atoms with Crippen molar-refractivity contribution in [3.8, 4) is 6.07 Å². The van der Waals surface area contributed by atoms with Gasteiger partial charge in [-0.2, -0.15) is 5.26 Å². The molecular formula is C15H19N3O2. The third-order valence-electron chi connectivity index (χ3n) is 3.66. The number of nitriles is 1. The van der Waals surface area contributed by atoms with Gasteiger partial charge in [0.15, 0.2) is 0 Å². The molecule has 1 atom stereocenters. The molecule has 0 saturated heterocycles. The summed E-state index contributed by atoms with van der Waals surface area (Å²) < 4.78 is 4.73. The Morgan fingerprint density at radius 2 is 2.35 bits per heavy atom. The van der Waals surface area contributed by atoms with Crippen LogP contribution in [0.25, 0.3) is 0 Å². The highest BCUT2D eigenvalue weighted by atomic mass is 16.5. The number of nitrogens with zero attached hydrogens (tertiary/aromatic N) is 3. The molecular weight excluding hydrogens is 254 g/mol. The van der Waals surface area contributed by atoms with Gasteiger partial charge in [0.25, 0.3) is 0 Å². The lowest BCUT2D eigenvalue weighted by Crippen LogP contribution is -2.30. The third kappa shape index (κ3) is 2.74. The van der Waals surface area contributed by atoms with Crippen LogP contribution in [0.15, 0.2) is 6.07 Å². The fourth-order valence-corrected chi connectivity index (χ4v) is 2.61. The monoisotopic (exact) mass is 273 g/mol. The molecule has 1 aliphatic carbocycles. The van der Waals surface area contributed by atoms with Crippen molar-refractivity contribution in [2.75, 3.05) is 25.6 Å². The highest BCUT2D eigenvalue weighted by Crippen LogP contribution is 2.26. The van der Waals surface area contributed by atoms with Crippen LogP contribution in [0.5, 0.6) is 0 Å². The van der Waals surface area contributed by atoms with Crippen molar-refractivity contribution in [3.05, 3.63) is 22.9 Å². The molecule has 5 nitrogen and oxygen atoms in total. The van der Waals surface area contributed by atoms with Crippen molar-refractivity contribution in [3.63, 3.8) is 0 Å². The standard InChI is InChI=1S/C15H19N3O2/c1-10(15(19)20-3)9-18(2)14-12(8-16)7-11-5-4-6-13(11)17-14/h7,10H,4-6,9H2,1-3H3. The van der Waals surface area contributed by atoms with Gasteiger partial charge in [-0.1, -0.05) is 6.92 Å². The van der Waals surface area contributed by atoms with Gasteiger partial charge < -0.3 is 9.64 Å². The number of ether oxygens (including phenoxy) is 1. The Bertz CT molecular complexity index is 563. The van der Waals surface area contributed by atoms with E-state index in [0.717, 1.165) is 25.0 Å². The quantitative estimate of drug-likeness (QED) is 0.781. The second-order valence-corrected chi connectivity index (χ2v) is 5.24. The van der Waals surface area contributed by atoms with E-state index in [1.165, 1.54) is 12.7 Å². The maximum absolute atomic E-state index is 11.5. The number of rotatable bonds is 4. The second kappa shape index (κ2) is 5.91. The maximum Gasteiger partial charge on any atom is 0.310 e. The van der Waals surface area contributed by atoms with Crippen LogP contribution in [0.2, 0.25) is 0 Å². The molecule has 1 unspecified atom stereocenters. The molecule has 0 aromatic carbocycles. The zero-order chi connectivity index (χ0) is 14.7. The summed E-state index contributed by atoms with van der Waals surface area (Å²) in [6.45, 7) is 2.29. The summed E-state index contributed by atoms with van der Waals surface area (Å²) in [6.07, 6.45) is 3.06. The number of esters is 1. The van der Waals surface area contributed by atoms with Crippen LogP contribution in [0.1, 0.15) is 30.2 Å². The fourth-order valence-electron chi connectivity index (χ4n) is 2.61. The Labute approximate surface area is 119 Å². The van der Waals surface area contributed by atoms with Gasteiger partial charge in [-0.15, -0.1) is 0 Å². The number of methoxy groups -OCH3 is 1. The van der Waals surface area contributed by atoms with E-state index in [-0.39, 0.29) is 11.9 Å². The zero-order valence-electron chi connectivity index (χ0n) is 12.1. The minimum atomic E-state index is -0.258. The van der Waals surface area contributed by atoms with Gasteiger partial charge in [-0.05, 0) is 30.9 Å². The summed E-state index contributed by atoms with van der Waals surface area (Å²) in [7, 11) is 3.23. The van der Waals surface area contributed by atoms with E-state index >= 15 is 0 Å². The first-order valence-corrected chi connectivity index (χ1v) is 6.78. The summed E-state index contributed by atoms with van der Waals surface area (Å²) in [5.41, 5.74) is 2.83. The maximum atomic E-state index is 11.5. The summed E-state index contributed by atoms with van der Waals surface area (Å²) in [5, 5.41) is 9.28. The average molecular weight is 273 g/mol. The van der Waals surface area contributed by atoms with Gasteiger partial charge in [0, 0.05) is 19.3 Å². The molecule has 2 rings (SSSR count). The number of pyridine rings is 1. The topological polar surface area (TPSA) is 66.2 Å². The Morgan fingerprint density at radius 3 is 3.00 bits per heavy atom. The third-order valence-corrected chi connectivity index (χ3v) is 3.66. The number of fused-ring (bicyclic) bond motifs is 1. The first-order valence-electron chi connectivity index (χ1n) is 6.78. The molecule has 0 bridgehead atoms. The molecule has 0 spiro atoms. The van der Waals surface area contributed by atoms with Gasteiger partial charge in [0.2, 0.25) is 0 Å². The normalized spacial score (nSPS) is 14.3. The van der Waals surface area contributed by atoms with E-state index in [4.69, 9.17) is 4.74 Å². The van der Waals surface area contributed by atoms with Crippen molar-refractivity contribution in [2.24, 2.45) is 5.92 Å². The minimum absolute atomic E-state index is 0.253. The molecule has 5 heteroatoms. The van der Waals surface area contributed by atoms with Crippen molar-refractivity contribution in [2.45, 2.75) is 26.2 Å². The van der Waals surface area contributed by atoms with E-state index in [0.29, 0.717) is 17.9 Å². The molecule has 1 aromatic heterocycles. The van der Waals surface area contributed by atoms with E-state index in [2.05, 4.69) is 11.1 Å². The van der Waals surface area contributed by atoms with E-state index < -0.39 is 0 Å². The van der Waals surface area contributed by atoms with Crippen LogP contribution in [-0.4, -0.2) is 31.7 Å². The van der Waals surface area contributed by atoms with Gasteiger partial charge in [0.05, 0.1) is 18.6 Å². The zero-order valence-corrected chi connectivity index (χ0v) is 12.1. The first kappa shape index (κ1) is 14.3. The van der Waals surface area contributed by atoms with Crippen molar-refractivity contribution < 1.29 is 9.53 Å². The molecule has 1 aromatic rings. The number of anilines is 1. The molecule has 0 fully saturated rings. The molecule has 0 N–H and O–H groups in total. The number of hydrogen-bond acceptors (Lipinski definition) is 5. The fraction of sp³-hybridized carbons (Fsp3) is 0.533. The number of carbonyl (C=O) groups is 1. The van der Waals surface area contributed by atoms with Crippen LogP contribution < -0.4 is 4.90 Å². The predicted molar refractivity (Wildman–Crippen MR) is 75.4 cm³/mol. The van der Waals surface area contributed by atoms with Gasteiger partial charge >= 0.3 is 5.97 Å². The lowest BCUT2D eigenvalue weighted by Gasteiger charge is -2.22. The molecule has 0 amide bonds. The highest BCUT2D eigenvalue weighted by Gasteiger charge is 2.21. The summed E-state index contributed by atoms with van der Waals surface area (Å²) in [4.78, 5) is 18.0. The SMILES string of the molecule is COC(=O)C(C)CN(C)c1nc2c(cc1C#N)CCC2. The Morgan fingerprint density at radius 1 is 1.60 bits per heavy atom. The Hall–Kier alpha value is -2.09. The number of aromatic nitrogens is 1. The van der Waals surface area contributed by atoms with E-state index in [9.17, 15) is 10.1 Å². The molecule has 1 heterocycles.